The van der Waals surface area contributed by atoms with Gasteiger partial charge >= 0.3 is 0 Å². The van der Waals surface area contributed by atoms with E-state index in [0.717, 1.165) is 13.0 Å². The first-order valence-corrected chi connectivity index (χ1v) is 8.12. The highest BCUT2D eigenvalue weighted by atomic mass is 19.1. The van der Waals surface area contributed by atoms with Crippen molar-refractivity contribution in [1.82, 2.24) is 5.32 Å². The molecule has 0 bridgehead atoms. The lowest BCUT2D eigenvalue weighted by atomic mass is 9.65. The minimum Gasteiger partial charge on any atom is -0.314 e. The average molecular weight is 295 g/mol. The van der Waals surface area contributed by atoms with Gasteiger partial charge in [-0.05, 0) is 49.3 Å². The molecule has 1 aliphatic rings. The Morgan fingerprint density at radius 1 is 1.24 bits per heavy atom. The predicted octanol–water partition coefficient (Wildman–Crippen LogP) is 4.70. The molecule has 0 spiro atoms. The smallest absolute Gasteiger partial charge is 0.129 e. The van der Waals surface area contributed by atoms with E-state index < -0.39 is 11.6 Å². The normalized spacial score (nSPS) is 23.0. The topological polar surface area (TPSA) is 12.0 Å². The van der Waals surface area contributed by atoms with Gasteiger partial charge in [0.05, 0.1) is 0 Å². The molecule has 1 aliphatic carbocycles. The minimum absolute atomic E-state index is 0.136. The molecule has 3 heteroatoms. The Morgan fingerprint density at radius 3 is 2.48 bits per heavy atom. The van der Waals surface area contributed by atoms with Crippen molar-refractivity contribution in [2.24, 2.45) is 11.3 Å². The molecule has 1 N–H and O–H groups in total. The number of nitrogens with one attached hydrogen (secondary N) is 1. The van der Waals surface area contributed by atoms with E-state index in [1.165, 1.54) is 37.5 Å². The van der Waals surface area contributed by atoms with E-state index in [4.69, 9.17) is 0 Å². The molecule has 1 nitrogen and oxygen atoms in total. The summed E-state index contributed by atoms with van der Waals surface area (Å²) in [4.78, 5) is 0. The molecule has 0 saturated heterocycles. The molecule has 2 unspecified atom stereocenters. The van der Waals surface area contributed by atoms with Gasteiger partial charge in [0, 0.05) is 11.6 Å². The molecular weight excluding hydrogens is 268 g/mol. The quantitative estimate of drug-likeness (QED) is 0.830. The fourth-order valence-corrected chi connectivity index (χ4v) is 3.83. The van der Waals surface area contributed by atoms with Crippen LogP contribution in [0, 0.1) is 23.0 Å². The summed E-state index contributed by atoms with van der Waals surface area (Å²) >= 11 is 0. The van der Waals surface area contributed by atoms with Crippen LogP contribution in [0.5, 0.6) is 0 Å². The predicted molar refractivity (Wildman–Crippen MR) is 83.3 cm³/mol. The van der Waals surface area contributed by atoms with Gasteiger partial charge in [0.15, 0.2) is 0 Å². The maximum Gasteiger partial charge on any atom is 0.129 e. The Balaban J connectivity index is 2.23. The van der Waals surface area contributed by atoms with Crippen molar-refractivity contribution in [2.75, 3.05) is 6.54 Å². The Hall–Kier alpha value is -0.960. The second-order valence-corrected chi connectivity index (χ2v) is 6.91. The van der Waals surface area contributed by atoms with Crippen LogP contribution in [0.1, 0.15) is 52.0 Å². The van der Waals surface area contributed by atoms with E-state index in [1.54, 1.807) is 0 Å². The lowest BCUT2D eigenvalue weighted by molar-refractivity contribution is 0.0980. The van der Waals surface area contributed by atoms with Crippen LogP contribution < -0.4 is 5.32 Å². The highest BCUT2D eigenvalue weighted by molar-refractivity contribution is 5.21. The van der Waals surface area contributed by atoms with Crippen LogP contribution in [0.3, 0.4) is 0 Å². The van der Waals surface area contributed by atoms with Crippen molar-refractivity contribution in [3.63, 3.8) is 0 Å². The van der Waals surface area contributed by atoms with Crippen molar-refractivity contribution in [2.45, 2.75) is 58.9 Å². The zero-order valence-corrected chi connectivity index (χ0v) is 13.4. The highest BCUT2D eigenvalue weighted by Crippen LogP contribution is 2.43. The van der Waals surface area contributed by atoms with Crippen LogP contribution in [-0.4, -0.2) is 12.6 Å². The molecule has 2 rings (SSSR count). The van der Waals surface area contributed by atoms with Crippen LogP contribution in [0.4, 0.5) is 8.78 Å². The summed E-state index contributed by atoms with van der Waals surface area (Å²) in [5.41, 5.74) is 0.456. The van der Waals surface area contributed by atoms with Gasteiger partial charge < -0.3 is 5.32 Å². The number of hydrogen-bond acceptors (Lipinski definition) is 1. The molecule has 2 atom stereocenters. The van der Waals surface area contributed by atoms with Gasteiger partial charge in [-0.25, -0.2) is 8.78 Å². The molecule has 0 amide bonds. The molecule has 1 aromatic carbocycles. The van der Waals surface area contributed by atoms with Crippen LogP contribution in [-0.2, 0) is 6.42 Å². The van der Waals surface area contributed by atoms with Crippen LogP contribution >= 0.6 is 0 Å². The number of halogens is 2. The summed E-state index contributed by atoms with van der Waals surface area (Å²) < 4.78 is 27.9. The standard InChI is InChI=1S/C18H27F2N/c1-4-21-17(14-8-5-6-11-18(14,2)3)12-13-15(19)9-7-10-16(13)20/h7,9-10,14,17,21H,4-6,8,11-12H2,1-3H3. The summed E-state index contributed by atoms with van der Waals surface area (Å²) in [6.07, 6.45) is 5.24. The van der Waals surface area contributed by atoms with E-state index >= 15 is 0 Å². The summed E-state index contributed by atoms with van der Waals surface area (Å²) in [6, 6.07) is 4.28. The maximum absolute atomic E-state index is 13.9. The van der Waals surface area contributed by atoms with E-state index in [1.807, 2.05) is 0 Å². The van der Waals surface area contributed by atoms with Crippen molar-refractivity contribution in [3.8, 4) is 0 Å². The number of benzene rings is 1. The molecule has 1 aromatic rings. The molecule has 0 heterocycles. The first-order valence-electron chi connectivity index (χ1n) is 8.12. The van der Waals surface area contributed by atoms with Crippen molar-refractivity contribution < 1.29 is 8.78 Å². The van der Waals surface area contributed by atoms with Gasteiger partial charge in [0.1, 0.15) is 11.6 Å². The lowest BCUT2D eigenvalue weighted by Crippen LogP contribution is -2.46. The van der Waals surface area contributed by atoms with Crippen LogP contribution in [0.2, 0.25) is 0 Å². The number of rotatable bonds is 5. The van der Waals surface area contributed by atoms with Gasteiger partial charge in [-0.15, -0.1) is 0 Å². The average Bonchev–Trinajstić information content (AvgIpc) is 2.42. The monoisotopic (exact) mass is 295 g/mol. The molecule has 1 saturated carbocycles. The first kappa shape index (κ1) is 16.4. The molecule has 0 aromatic heterocycles. The van der Waals surface area contributed by atoms with Crippen molar-refractivity contribution in [3.05, 3.63) is 35.4 Å². The van der Waals surface area contributed by atoms with Crippen LogP contribution in [0.15, 0.2) is 18.2 Å². The van der Waals surface area contributed by atoms with Crippen molar-refractivity contribution in [1.29, 1.82) is 0 Å². The Bertz CT molecular complexity index is 450. The molecule has 118 valence electrons. The van der Waals surface area contributed by atoms with E-state index in [0.29, 0.717) is 12.3 Å². The van der Waals surface area contributed by atoms with Gasteiger partial charge in [0.2, 0.25) is 0 Å². The zero-order valence-electron chi connectivity index (χ0n) is 13.4. The first-order chi connectivity index (χ1) is 9.95. The summed E-state index contributed by atoms with van der Waals surface area (Å²) in [7, 11) is 0. The fraction of sp³-hybridized carbons (Fsp3) is 0.667. The van der Waals surface area contributed by atoms with Crippen LogP contribution in [0.25, 0.3) is 0 Å². The molecule has 21 heavy (non-hydrogen) atoms. The van der Waals surface area contributed by atoms with Gasteiger partial charge in [-0.3, -0.25) is 0 Å². The Kier molecular flexibility index (Phi) is 5.37. The van der Waals surface area contributed by atoms with E-state index in [-0.39, 0.29) is 17.0 Å². The third-order valence-corrected chi connectivity index (χ3v) is 5.03. The van der Waals surface area contributed by atoms with Gasteiger partial charge in [0.25, 0.3) is 0 Å². The van der Waals surface area contributed by atoms with E-state index in [2.05, 4.69) is 26.1 Å². The molecular formula is C18H27F2N. The number of likely N-dealkylation sites (N-methyl/N-ethyl adjacent to an activating group) is 1. The Labute approximate surface area is 127 Å². The minimum atomic E-state index is -0.425. The lowest BCUT2D eigenvalue weighted by Gasteiger charge is -2.43. The summed E-state index contributed by atoms with van der Waals surface area (Å²) in [5, 5.41) is 3.48. The van der Waals surface area contributed by atoms with Crippen molar-refractivity contribution >= 4 is 0 Å². The third-order valence-electron chi connectivity index (χ3n) is 5.03. The maximum atomic E-state index is 13.9. The largest absolute Gasteiger partial charge is 0.314 e. The second-order valence-electron chi connectivity index (χ2n) is 6.91. The number of hydrogen-bond donors (Lipinski definition) is 1. The molecule has 1 fully saturated rings. The molecule has 0 aliphatic heterocycles. The summed E-state index contributed by atoms with van der Waals surface area (Å²) in [6.45, 7) is 7.46. The zero-order chi connectivity index (χ0) is 15.5. The Morgan fingerprint density at radius 2 is 1.90 bits per heavy atom. The SMILES string of the molecule is CCNC(Cc1c(F)cccc1F)C1CCCCC1(C)C. The third kappa shape index (κ3) is 3.82. The summed E-state index contributed by atoms with van der Waals surface area (Å²) in [5.74, 6) is -0.386. The molecule has 0 radical (unpaired) electrons. The van der Waals surface area contributed by atoms with Gasteiger partial charge in [-0.2, -0.15) is 0 Å². The fourth-order valence-electron chi connectivity index (χ4n) is 3.83. The second kappa shape index (κ2) is 6.87. The van der Waals surface area contributed by atoms with E-state index in [9.17, 15) is 8.78 Å². The highest BCUT2D eigenvalue weighted by Gasteiger charge is 2.37. The van der Waals surface area contributed by atoms with Gasteiger partial charge in [-0.1, -0.05) is 39.7 Å².